The van der Waals surface area contributed by atoms with Crippen LogP contribution in [0.15, 0.2) is 41.4 Å². The van der Waals surface area contributed by atoms with E-state index in [-0.39, 0.29) is 6.61 Å². The van der Waals surface area contributed by atoms with Gasteiger partial charge >= 0.3 is 0 Å². The minimum Gasteiger partial charge on any atom is -0.392 e. The van der Waals surface area contributed by atoms with E-state index in [0.717, 1.165) is 5.56 Å². The largest absolute Gasteiger partial charge is 0.392 e. The Balaban J connectivity index is 2.58. The summed E-state index contributed by atoms with van der Waals surface area (Å²) in [5.41, 5.74) is 1.16. The third-order valence-electron chi connectivity index (χ3n) is 1.53. The van der Waals surface area contributed by atoms with Gasteiger partial charge in [-0.2, -0.15) is 0 Å². The van der Waals surface area contributed by atoms with Crippen LogP contribution in [0.1, 0.15) is 5.56 Å². The Hall–Kier alpha value is -0.790. The Morgan fingerprint density at radius 1 is 1.33 bits per heavy atom. The van der Waals surface area contributed by atoms with Crippen molar-refractivity contribution in [2.45, 2.75) is 6.42 Å². The van der Waals surface area contributed by atoms with Gasteiger partial charge in [0.2, 0.25) is 0 Å². The Morgan fingerprint density at radius 2 is 2.00 bits per heavy atom. The predicted molar refractivity (Wildman–Crippen MR) is 51.2 cm³/mol. The summed E-state index contributed by atoms with van der Waals surface area (Å²) in [4.78, 5) is 0. The van der Waals surface area contributed by atoms with E-state index in [1.807, 2.05) is 30.3 Å². The van der Waals surface area contributed by atoms with Crippen molar-refractivity contribution in [1.29, 1.82) is 0 Å². The number of aliphatic hydroxyl groups excluding tert-OH is 1. The van der Waals surface area contributed by atoms with Crippen molar-refractivity contribution in [3.05, 3.63) is 47.0 Å². The lowest BCUT2D eigenvalue weighted by Crippen LogP contribution is -1.85. The molecule has 0 aliphatic heterocycles. The molecule has 1 aromatic carbocycles. The molecule has 0 saturated heterocycles. The second-order valence-corrected chi connectivity index (χ2v) is 2.98. The first-order valence-corrected chi connectivity index (χ1v) is 4.20. The molecule has 0 fully saturated rings. The minimum absolute atomic E-state index is 0.00562. The molecule has 1 nitrogen and oxygen atoms in total. The van der Waals surface area contributed by atoms with Crippen molar-refractivity contribution >= 4 is 11.6 Å². The van der Waals surface area contributed by atoms with Crippen molar-refractivity contribution in [1.82, 2.24) is 0 Å². The van der Waals surface area contributed by atoms with Gasteiger partial charge in [-0.3, -0.25) is 0 Å². The van der Waals surface area contributed by atoms with Crippen LogP contribution < -0.4 is 0 Å². The van der Waals surface area contributed by atoms with Gasteiger partial charge in [0.05, 0.1) is 6.61 Å². The second kappa shape index (κ2) is 4.96. The van der Waals surface area contributed by atoms with Gasteiger partial charge in [0.15, 0.2) is 0 Å². The first-order chi connectivity index (χ1) is 5.83. The van der Waals surface area contributed by atoms with Crippen LogP contribution >= 0.6 is 11.6 Å². The average molecular weight is 183 g/mol. The van der Waals surface area contributed by atoms with Crippen LogP contribution in [-0.2, 0) is 6.42 Å². The van der Waals surface area contributed by atoms with Gasteiger partial charge in [-0.05, 0) is 11.6 Å². The van der Waals surface area contributed by atoms with E-state index < -0.39 is 0 Å². The molecule has 64 valence electrons. The molecule has 0 aromatic heterocycles. The zero-order valence-corrected chi connectivity index (χ0v) is 7.46. The maximum Gasteiger partial charge on any atom is 0.0626 e. The zero-order valence-electron chi connectivity index (χ0n) is 6.70. The van der Waals surface area contributed by atoms with Crippen LogP contribution in [-0.4, -0.2) is 11.7 Å². The number of allylic oxidation sites excluding steroid dienone is 1. The molecule has 0 amide bonds. The molecule has 0 radical (unpaired) electrons. The second-order valence-electron chi connectivity index (χ2n) is 2.50. The molecule has 12 heavy (non-hydrogen) atoms. The summed E-state index contributed by atoms with van der Waals surface area (Å²) >= 11 is 5.82. The van der Waals surface area contributed by atoms with E-state index in [1.54, 1.807) is 6.08 Å². The van der Waals surface area contributed by atoms with E-state index in [9.17, 15) is 0 Å². The third kappa shape index (κ3) is 3.07. The van der Waals surface area contributed by atoms with E-state index in [4.69, 9.17) is 16.7 Å². The lowest BCUT2D eigenvalue weighted by atomic mass is 10.1. The quantitative estimate of drug-likeness (QED) is 0.761. The lowest BCUT2D eigenvalue weighted by molar-refractivity contribution is 0.342. The maximum absolute atomic E-state index is 8.55. The Bertz CT molecular complexity index is 254. The fraction of sp³-hybridized carbons (Fsp3) is 0.200. The smallest absolute Gasteiger partial charge is 0.0626 e. The zero-order chi connectivity index (χ0) is 8.81. The number of aliphatic hydroxyl groups is 1. The van der Waals surface area contributed by atoms with Gasteiger partial charge in [0.1, 0.15) is 0 Å². The molecule has 1 N–H and O–H groups in total. The predicted octanol–water partition coefficient (Wildman–Crippen LogP) is 2.34. The highest BCUT2D eigenvalue weighted by Crippen LogP contribution is 2.10. The summed E-state index contributed by atoms with van der Waals surface area (Å²) in [6.07, 6.45) is 2.30. The highest BCUT2D eigenvalue weighted by molar-refractivity contribution is 6.29. The van der Waals surface area contributed by atoms with Crippen LogP contribution in [0.2, 0.25) is 0 Å². The Kier molecular flexibility index (Phi) is 3.85. The van der Waals surface area contributed by atoms with Crippen molar-refractivity contribution in [3.8, 4) is 0 Å². The first-order valence-electron chi connectivity index (χ1n) is 3.82. The van der Waals surface area contributed by atoms with Crippen molar-refractivity contribution < 1.29 is 5.11 Å². The van der Waals surface area contributed by atoms with Crippen LogP contribution in [0.25, 0.3) is 0 Å². The molecule has 0 aliphatic carbocycles. The number of hydrogen-bond donors (Lipinski definition) is 1. The maximum atomic E-state index is 8.55. The minimum atomic E-state index is 0.00562. The third-order valence-corrected chi connectivity index (χ3v) is 1.82. The molecule has 2 heteroatoms. The highest BCUT2D eigenvalue weighted by atomic mass is 35.5. The van der Waals surface area contributed by atoms with Gasteiger partial charge in [-0.1, -0.05) is 41.9 Å². The van der Waals surface area contributed by atoms with Crippen LogP contribution in [0, 0.1) is 0 Å². The standard InChI is InChI=1S/C10H11ClO/c11-10(6-7-12)8-9-4-2-1-3-5-9/h1-6,12H,7-8H2/b10-6-. The number of rotatable bonds is 3. The average Bonchev–Trinajstić information content (AvgIpc) is 2.06. The van der Waals surface area contributed by atoms with Crippen LogP contribution in [0.5, 0.6) is 0 Å². The molecule has 0 saturated carbocycles. The Labute approximate surface area is 77.3 Å². The van der Waals surface area contributed by atoms with E-state index in [2.05, 4.69) is 0 Å². The van der Waals surface area contributed by atoms with Crippen LogP contribution in [0.4, 0.5) is 0 Å². The van der Waals surface area contributed by atoms with Gasteiger partial charge in [0.25, 0.3) is 0 Å². The summed E-state index contributed by atoms with van der Waals surface area (Å²) < 4.78 is 0. The normalized spacial score (nSPS) is 11.7. The molecular weight excluding hydrogens is 172 g/mol. The topological polar surface area (TPSA) is 20.2 Å². The highest BCUT2D eigenvalue weighted by Gasteiger charge is 1.93. The molecule has 0 bridgehead atoms. The van der Waals surface area contributed by atoms with E-state index >= 15 is 0 Å². The first kappa shape index (κ1) is 9.30. The van der Waals surface area contributed by atoms with Crippen LogP contribution in [0.3, 0.4) is 0 Å². The van der Waals surface area contributed by atoms with Crippen molar-refractivity contribution in [2.24, 2.45) is 0 Å². The Morgan fingerprint density at radius 3 is 2.58 bits per heavy atom. The molecular formula is C10H11ClO. The molecule has 0 spiro atoms. The number of benzene rings is 1. The van der Waals surface area contributed by atoms with Gasteiger partial charge in [-0.15, -0.1) is 0 Å². The summed E-state index contributed by atoms with van der Waals surface area (Å²) in [6, 6.07) is 9.92. The fourth-order valence-corrected chi connectivity index (χ4v) is 1.19. The summed E-state index contributed by atoms with van der Waals surface area (Å²) in [5, 5.41) is 9.24. The molecule has 0 atom stereocenters. The monoisotopic (exact) mass is 182 g/mol. The van der Waals surface area contributed by atoms with Gasteiger partial charge in [-0.25, -0.2) is 0 Å². The SMILES string of the molecule is OC/C=C(\Cl)Cc1ccccc1. The molecule has 0 heterocycles. The number of hydrogen-bond acceptors (Lipinski definition) is 1. The van der Waals surface area contributed by atoms with Crippen molar-refractivity contribution in [3.63, 3.8) is 0 Å². The van der Waals surface area contributed by atoms with Gasteiger partial charge in [0, 0.05) is 11.5 Å². The van der Waals surface area contributed by atoms with E-state index in [0.29, 0.717) is 11.5 Å². The lowest BCUT2D eigenvalue weighted by Gasteiger charge is -1.98. The van der Waals surface area contributed by atoms with Crippen molar-refractivity contribution in [2.75, 3.05) is 6.61 Å². The fourth-order valence-electron chi connectivity index (χ4n) is 0.962. The number of halogens is 1. The summed E-state index contributed by atoms with van der Waals surface area (Å²) in [5.74, 6) is 0. The summed E-state index contributed by atoms with van der Waals surface area (Å²) in [6.45, 7) is 0.00562. The van der Waals surface area contributed by atoms with E-state index in [1.165, 1.54) is 0 Å². The van der Waals surface area contributed by atoms with Gasteiger partial charge < -0.3 is 5.11 Å². The molecule has 0 unspecified atom stereocenters. The molecule has 1 aromatic rings. The summed E-state index contributed by atoms with van der Waals surface area (Å²) in [7, 11) is 0. The molecule has 0 aliphatic rings. The molecule has 1 rings (SSSR count).